The number of nitrogens with zero attached hydrogens (tertiary/aromatic N) is 1. The molecule has 0 saturated carbocycles. The van der Waals surface area contributed by atoms with Crippen LogP contribution in [0.1, 0.15) is 46.7 Å². The van der Waals surface area contributed by atoms with Crippen molar-refractivity contribution in [2.24, 2.45) is 0 Å². The normalized spacial score (nSPS) is 20.8. The molecule has 0 atom stereocenters. The minimum absolute atomic E-state index is 0.355. The van der Waals surface area contributed by atoms with E-state index in [-0.39, 0.29) is 11.2 Å². The molecule has 0 bridgehead atoms. The van der Waals surface area contributed by atoms with Gasteiger partial charge in [-0.05, 0) is 40.2 Å². The predicted octanol–water partition coefficient (Wildman–Crippen LogP) is 1.92. The third-order valence-corrected chi connectivity index (χ3v) is 4.04. The number of hydrogen-bond acceptors (Lipinski definition) is 4. The van der Waals surface area contributed by atoms with Crippen LogP contribution < -0.4 is 11.2 Å². The molecule has 1 fully saturated rings. The Balaban J connectivity index is 2.25. The van der Waals surface area contributed by atoms with E-state index in [1.807, 2.05) is 33.8 Å². The molecular weight excluding hydrogens is 239 g/mol. The van der Waals surface area contributed by atoms with Crippen LogP contribution in [0.25, 0.3) is 0 Å². The SMILES string of the molecule is CCCc1cc(N)c(B2OC(C)(C)C(C)(C)O2)cn1. The monoisotopic (exact) mass is 262 g/mol. The molecule has 0 spiro atoms. The van der Waals surface area contributed by atoms with Crippen molar-refractivity contribution in [3.05, 3.63) is 18.0 Å². The minimum Gasteiger partial charge on any atom is -0.399 e. The van der Waals surface area contributed by atoms with Gasteiger partial charge < -0.3 is 15.0 Å². The van der Waals surface area contributed by atoms with Crippen LogP contribution in [-0.2, 0) is 15.7 Å². The van der Waals surface area contributed by atoms with Gasteiger partial charge in [-0.2, -0.15) is 0 Å². The highest BCUT2D eigenvalue weighted by atomic mass is 16.7. The Hall–Kier alpha value is -1.07. The van der Waals surface area contributed by atoms with E-state index in [9.17, 15) is 0 Å². The van der Waals surface area contributed by atoms with Crippen LogP contribution in [0, 0.1) is 0 Å². The van der Waals surface area contributed by atoms with Crippen molar-refractivity contribution in [2.45, 2.75) is 58.7 Å². The van der Waals surface area contributed by atoms with Crippen molar-refractivity contribution < 1.29 is 9.31 Å². The molecule has 1 aromatic heterocycles. The van der Waals surface area contributed by atoms with Gasteiger partial charge in [-0.25, -0.2) is 0 Å². The van der Waals surface area contributed by atoms with Gasteiger partial charge in [0.2, 0.25) is 0 Å². The van der Waals surface area contributed by atoms with Gasteiger partial charge in [0.15, 0.2) is 0 Å². The molecule has 19 heavy (non-hydrogen) atoms. The second kappa shape index (κ2) is 4.80. The summed E-state index contributed by atoms with van der Waals surface area (Å²) in [7, 11) is -0.437. The smallest absolute Gasteiger partial charge is 0.399 e. The Kier molecular flexibility index (Phi) is 3.62. The second-order valence-corrected chi connectivity index (χ2v) is 6.14. The summed E-state index contributed by atoms with van der Waals surface area (Å²) in [5, 5.41) is 0. The number of aromatic nitrogens is 1. The van der Waals surface area contributed by atoms with E-state index < -0.39 is 7.12 Å². The number of pyridine rings is 1. The van der Waals surface area contributed by atoms with Crippen LogP contribution >= 0.6 is 0 Å². The van der Waals surface area contributed by atoms with E-state index in [0.29, 0.717) is 5.69 Å². The third-order valence-electron chi connectivity index (χ3n) is 4.04. The number of nitrogens with two attached hydrogens (primary N) is 1. The number of rotatable bonds is 3. The van der Waals surface area contributed by atoms with Gasteiger partial charge >= 0.3 is 7.12 Å². The average Bonchev–Trinajstić information content (AvgIpc) is 2.48. The zero-order valence-corrected chi connectivity index (χ0v) is 12.5. The van der Waals surface area contributed by atoms with Crippen molar-refractivity contribution in [1.82, 2.24) is 4.98 Å². The van der Waals surface area contributed by atoms with E-state index >= 15 is 0 Å². The number of hydrogen-bond donors (Lipinski definition) is 1. The second-order valence-electron chi connectivity index (χ2n) is 6.14. The van der Waals surface area contributed by atoms with Crippen molar-refractivity contribution in [2.75, 3.05) is 5.73 Å². The first-order chi connectivity index (χ1) is 8.77. The highest BCUT2D eigenvalue weighted by Gasteiger charge is 2.52. The van der Waals surface area contributed by atoms with Crippen molar-refractivity contribution in [3.63, 3.8) is 0 Å². The lowest BCUT2D eigenvalue weighted by atomic mass is 9.79. The molecule has 0 amide bonds. The first-order valence-electron chi connectivity index (χ1n) is 6.87. The van der Waals surface area contributed by atoms with E-state index in [1.165, 1.54) is 0 Å². The lowest BCUT2D eigenvalue weighted by Gasteiger charge is -2.32. The van der Waals surface area contributed by atoms with Gasteiger partial charge in [0.1, 0.15) is 0 Å². The molecule has 1 aromatic rings. The molecule has 0 radical (unpaired) electrons. The van der Waals surface area contributed by atoms with E-state index in [1.54, 1.807) is 6.20 Å². The molecule has 104 valence electrons. The van der Waals surface area contributed by atoms with Crippen LogP contribution in [-0.4, -0.2) is 23.3 Å². The van der Waals surface area contributed by atoms with Gasteiger partial charge in [0.05, 0.1) is 11.2 Å². The first kappa shape index (κ1) is 14.3. The lowest BCUT2D eigenvalue weighted by Crippen LogP contribution is -2.41. The van der Waals surface area contributed by atoms with Gasteiger partial charge in [0, 0.05) is 23.0 Å². The van der Waals surface area contributed by atoms with Gasteiger partial charge in [0.25, 0.3) is 0 Å². The minimum atomic E-state index is -0.437. The number of aryl methyl sites for hydroxylation is 1. The summed E-state index contributed by atoms with van der Waals surface area (Å²) in [6, 6.07) is 1.92. The fourth-order valence-electron chi connectivity index (χ4n) is 2.09. The van der Waals surface area contributed by atoms with E-state index in [2.05, 4.69) is 11.9 Å². The van der Waals surface area contributed by atoms with E-state index in [4.69, 9.17) is 15.0 Å². The van der Waals surface area contributed by atoms with Crippen LogP contribution in [0.3, 0.4) is 0 Å². The Bertz CT molecular complexity index is 459. The van der Waals surface area contributed by atoms with Crippen LogP contribution in [0.4, 0.5) is 5.69 Å². The molecule has 2 rings (SSSR count). The highest BCUT2D eigenvalue weighted by molar-refractivity contribution is 6.63. The zero-order valence-electron chi connectivity index (χ0n) is 12.5. The fourth-order valence-corrected chi connectivity index (χ4v) is 2.09. The topological polar surface area (TPSA) is 57.4 Å². The Morgan fingerprint density at radius 3 is 2.26 bits per heavy atom. The summed E-state index contributed by atoms with van der Waals surface area (Å²) in [4.78, 5) is 4.43. The molecule has 2 heterocycles. The van der Waals surface area contributed by atoms with Gasteiger partial charge in [-0.3, -0.25) is 4.98 Å². The van der Waals surface area contributed by atoms with Crippen LogP contribution in [0.2, 0.25) is 0 Å². The van der Waals surface area contributed by atoms with Crippen LogP contribution in [0.5, 0.6) is 0 Å². The molecule has 0 aromatic carbocycles. The summed E-state index contributed by atoms with van der Waals surface area (Å²) >= 11 is 0. The molecule has 1 saturated heterocycles. The molecule has 1 aliphatic heterocycles. The summed E-state index contributed by atoms with van der Waals surface area (Å²) < 4.78 is 12.0. The Morgan fingerprint density at radius 2 is 1.79 bits per heavy atom. The average molecular weight is 262 g/mol. The van der Waals surface area contributed by atoms with Crippen LogP contribution in [0.15, 0.2) is 12.3 Å². The van der Waals surface area contributed by atoms with Crippen molar-refractivity contribution in [3.8, 4) is 0 Å². The summed E-state index contributed by atoms with van der Waals surface area (Å²) in [5.41, 5.74) is 7.92. The molecule has 1 aliphatic rings. The lowest BCUT2D eigenvalue weighted by molar-refractivity contribution is 0.00578. The molecule has 0 aliphatic carbocycles. The molecule has 5 heteroatoms. The first-order valence-corrected chi connectivity index (χ1v) is 6.87. The molecular formula is C14H23BN2O2. The highest BCUT2D eigenvalue weighted by Crippen LogP contribution is 2.36. The molecule has 0 unspecified atom stereocenters. The standard InChI is InChI=1S/C14H23BN2O2/c1-6-7-10-8-12(16)11(9-17-10)15-18-13(2,3)14(4,5)19-15/h8-9H,6-7H2,1-5H3,(H2,16,17). The summed E-state index contributed by atoms with van der Waals surface area (Å²) in [6.45, 7) is 10.2. The fraction of sp³-hybridized carbons (Fsp3) is 0.643. The Morgan fingerprint density at radius 1 is 1.21 bits per heavy atom. The maximum atomic E-state index is 6.11. The van der Waals surface area contributed by atoms with Crippen molar-refractivity contribution >= 4 is 18.3 Å². The van der Waals surface area contributed by atoms with Gasteiger partial charge in [-0.1, -0.05) is 13.3 Å². The largest absolute Gasteiger partial charge is 0.498 e. The zero-order chi connectivity index (χ0) is 14.3. The third kappa shape index (κ3) is 2.62. The maximum absolute atomic E-state index is 6.11. The predicted molar refractivity (Wildman–Crippen MR) is 78.4 cm³/mol. The number of anilines is 1. The van der Waals surface area contributed by atoms with Crippen molar-refractivity contribution in [1.29, 1.82) is 0 Å². The summed E-state index contributed by atoms with van der Waals surface area (Å²) in [5.74, 6) is 0. The molecule has 4 nitrogen and oxygen atoms in total. The van der Waals surface area contributed by atoms with E-state index in [0.717, 1.165) is 24.0 Å². The number of nitrogen functional groups attached to an aromatic ring is 1. The Labute approximate surface area is 115 Å². The van der Waals surface area contributed by atoms with Gasteiger partial charge in [-0.15, -0.1) is 0 Å². The molecule has 2 N–H and O–H groups in total. The maximum Gasteiger partial charge on any atom is 0.498 e. The quantitative estimate of drug-likeness (QED) is 0.845. The summed E-state index contributed by atoms with van der Waals surface area (Å²) in [6.07, 6.45) is 3.78.